The van der Waals surface area contributed by atoms with E-state index in [1.54, 1.807) is 30.2 Å². The number of unbranched alkanes of at least 4 members (excludes halogenated alkanes) is 1. The minimum atomic E-state index is -0.267. The molecule has 1 aromatic rings. The summed E-state index contributed by atoms with van der Waals surface area (Å²) in [5, 5.41) is 0. The number of methoxy groups -OCH3 is 1. The molecule has 3 rings (SSSR count). The minimum absolute atomic E-state index is 0.267. The van der Waals surface area contributed by atoms with Crippen LogP contribution in [0, 0.1) is 5.92 Å². The van der Waals surface area contributed by atoms with Crippen LogP contribution in [0.25, 0.3) is 0 Å². The standard InChI is InChI=1S/C22H33NO4/c1-3-4-14-26-20-11-10-17(15-21(20)25-2)22(24)27-16-18-8-7-13-23-12-6-5-9-19(18)23/h10-11,15,18-19H,3-9,12-14,16H2,1-2H3/p+1. The number of carbonyl (C=O) groups excluding carboxylic acids is 1. The highest BCUT2D eigenvalue weighted by Crippen LogP contribution is 2.29. The van der Waals surface area contributed by atoms with Crippen molar-refractivity contribution < 1.29 is 23.9 Å². The molecule has 2 fully saturated rings. The number of fused-ring (bicyclic) bond motifs is 1. The molecule has 0 bridgehead atoms. The van der Waals surface area contributed by atoms with Crippen LogP contribution in [0.15, 0.2) is 18.2 Å². The maximum Gasteiger partial charge on any atom is 0.338 e. The Morgan fingerprint density at radius 3 is 2.81 bits per heavy atom. The van der Waals surface area contributed by atoms with Crippen molar-refractivity contribution >= 4 is 5.97 Å². The summed E-state index contributed by atoms with van der Waals surface area (Å²) < 4.78 is 16.8. The van der Waals surface area contributed by atoms with Crippen molar-refractivity contribution in [2.45, 2.75) is 57.9 Å². The first kappa shape index (κ1) is 20.0. The molecule has 27 heavy (non-hydrogen) atoms. The van der Waals surface area contributed by atoms with Crippen molar-refractivity contribution in [3.8, 4) is 11.5 Å². The van der Waals surface area contributed by atoms with Gasteiger partial charge in [-0.1, -0.05) is 13.3 Å². The van der Waals surface area contributed by atoms with Crippen LogP contribution in [0.1, 0.15) is 62.2 Å². The second-order valence-electron chi connectivity index (χ2n) is 7.83. The number of benzene rings is 1. The van der Waals surface area contributed by atoms with Crippen LogP contribution in [-0.2, 0) is 4.74 Å². The molecule has 0 aromatic heterocycles. The molecule has 0 saturated carbocycles. The number of carbonyl (C=O) groups is 1. The van der Waals surface area contributed by atoms with Crippen molar-refractivity contribution in [3.05, 3.63) is 23.8 Å². The van der Waals surface area contributed by atoms with Gasteiger partial charge in [0.2, 0.25) is 0 Å². The number of nitrogens with one attached hydrogen (secondary N) is 1. The number of quaternary nitrogens is 1. The lowest BCUT2D eigenvalue weighted by atomic mass is 9.84. The number of ether oxygens (including phenoxy) is 3. The lowest BCUT2D eigenvalue weighted by molar-refractivity contribution is -0.940. The molecule has 1 aromatic carbocycles. The summed E-state index contributed by atoms with van der Waals surface area (Å²) in [6, 6.07) is 5.97. The Bertz CT molecular complexity index is 616. The normalized spacial score (nSPS) is 24.7. The maximum absolute atomic E-state index is 12.6. The van der Waals surface area contributed by atoms with Gasteiger partial charge in [-0.05, 0) is 56.7 Å². The fraction of sp³-hybridized carbons (Fsp3) is 0.682. The van der Waals surface area contributed by atoms with E-state index in [-0.39, 0.29) is 5.97 Å². The Balaban J connectivity index is 1.57. The maximum atomic E-state index is 12.6. The molecular formula is C22H34NO4+. The topological polar surface area (TPSA) is 49.2 Å². The monoisotopic (exact) mass is 376 g/mol. The van der Waals surface area contributed by atoms with Gasteiger partial charge in [-0.3, -0.25) is 0 Å². The SMILES string of the molecule is CCCCOc1ccc(C(=O)OCC2CCC[NH+]3CCCCC23)cc1OC. The number of rotatable bonds is 8. The van der Waals surface area contributed by atoms with Crippen LogP contribution in [0.3, 0.4) is 0 Å². The summed E-state index contributed by atoms with van der Waals surface area (Å²) in [5.74, 6) is 1.49. The van der Waals surface area contributed by atoms with Gasteiger partial charge in [-0.25, -0.2) is 4.79 Å². The van der Waals surface area contributed by atoms with Crippen molar-refractivity contribution in [2.75, 3.05) is 33.4 Å². The molecule has 150 valence electrons. The highest BCUT2D eigenvalue weighted by molar-refractivity contribution is 5.90. The zero-order valence-corrected chi connectivity index (χ0v) is 16.8. The molecule has 3 atom stereocenters. The van der Waals surface area contributed by atoms with Gasteiger partial charge >= 0.3 is 5.97 Å². The third kappa shape index (κ3) is 5.16. The molecule has 2 saturated heterocycles. The summed E-state index contributed by atoms with van der Waals surface area (Å²) in [7, 11) is 1.60. The van der Waals surface area contributed by atoms with E-state index in [2.05, 4.69) is 6.92 Å². The van der Waals surface area contributed by atoms with Crippen molar-refractivity contribution in [2.24, 2.45) is 5.92 Å². The molecule has 0 spiro atoms. The van der Waals surface area contributed by atoms with Crippen molar-refractivity contribution in [3.63, 3.8) is 0 Å². The third-order valence-electron chi connectivity index (χ3n) is 6.01. The van der Waals surface area contributed by atoms with Crippen LogP contribution in [-0.4, -0.2) is 45.4 Å². The van der Waals surface area contributed by atoms with Gasteiger partial charge < -0.3 is 19.1 Å². The van der Waals surface area contributed by atoms with E-state index in [0.717, 1.165) is 12.8 Å². The highest BCUT2D eigenvalue weighted by atomic mass is 16.5. The predicted octanol–water partition coefficient (Wildman–Crippen LogP) is 2.88. The summed E-state index contributed by atoms with van der Waals surface area (Å²) in [5.41, 5.74) is 0.526. The van der Waals surface area contributed by atoms with E-state index in [1.165, 1.54) is 45.2 Å². The fourth-order valence-corrected chi connectivity index (χ4v) is 4.48. The first-order valence-corrected chi connectivity index (χ1v) is 10.6. The van der Waals surface area contributed by atoms with Gasteiger partial charge in [0.25, 0.3) is 0 Å². The van der Waals surface area contributed by atoms with Gasteiger partial charge in [0.05, 0.1) is 38.4 Å². The Morgan fingerprint density at radius 1 is 1.15 bits per heavy atom. The summed E-state index contributed by atoms with van der Waals surface area (Å²) in [4.78, 5) is 14.3. The smallest absolute Gasteiger partial charge is 0.338 e. The number of piperidine rings is 2. The molecule has 2 heterocycles. The molecule has 2 aliphatic heterocycles. The number of hydrogen-bond donors (Lipinski definition) is 1. The average molecular weight is 377 g/mol. The lowest BCUT2D eigenvalue weighted by Gasteiger charge is -2.40. The third-order valence-corrected chi connectivity index (χ3v) is 6.01. The number of esters is 1. The molecule has 2 aliphatic rings. The fourth-order valence-electron chi connectivity index (χ4n) is 4.48. The zero-order valence-electron chi connectivity index (χ0n) is 16.8. The minimum Gasteiger partial charge on any atom is -0.493 e. The van der Waals surface area contributed by atoms with Crippen LogP contribution >= 0.6 is 0 Å². The second kappa shape index (κ2) is 9.98. The van der Waals surface area contributed by atoms with E-state index in [4.69, 9.17) is 14.2 Å². The molecule has 3 unspecified atom stereocenters. The Hall–Kier alpha value is -1.75. The van der Waals surface area contributed by atoms with Crippen LogP contribution < -0.4 is 14.4 Å². The summed E-state index contributed by atoms with van der Waals surface area (Å²) >= 11 is 0. The van der Waals surface area contributed by atoms with E-state index in [1.807, 2.05) is 0 Å². The van der Waals surface area contributed by atoms with Crippen LogP contribution in [0.5, 0.6) is 11.5 Å². The first-order chi connectivity index (χ1) is 13.2. The first-order valence-electron chi connectivity index (χ1n) is 10.6. The quantitative estimate of drug-likeness (QED) is 0.560. The summed E-state index contributed by atoms with van der Waals surface area (Å²) in [6.07, 6.45) is 8.42. The van der Waals surface area contributed by atoms with E-state index >= 15 is 0 Å². The largest absolute Gasteiger partial charge is 0.493 e. The number of hydrogen-bond acceptors (Lipinski definition) is 4. The predicted molar refractivity (Wildman–Crippen MR) is 105 cm³/mol. The molecule has 0 radical (unpaired) electrons. The van der Waals surface area contributed by atoms with E-state index < -0.39 is 0 Å². The lowest BCUT2D eigenvalue weighted by Crippen LogP contribution is -3.18. The Labute approximate surface area is 163 Å². The van der Waals surface area contributed by atoms with Gasteiger partial charge in [0.15, 0.2) is 11.5 Å². The van der Waals surface area contributed by atoms with Crippen molar-refractivity contribution in [1.29, 1.82) is 0 Å². The average Bonchev–Trinajstić information content (AvgIpc) is 2.72. The van der Waals surface area contributed by atoms with Crippen LogP contribution in [0.2, 0.25) is 0 Å². The molecular weight excluding hydrogens is 342 g/mol. The van der Waals surface area contributed by atoms with Gasteiger partial charge in [-0.15, -0.1) is 0 Å². The molecule has 1 N–H and O–H groups in total. The molecule has 0 aliphatic carbocycles. The van der Waals surface area contributed by atoms with Crippen molar-refractivity contribution in [1.82, 2.24) is 0 Å². The van der Waals surface area contributed by atoms with Gasteiger partial charge in [0.1, 0.15) is 6.61 Å². The van der Waals surface area contributed by atoms with Gasteiger partial charge in [0, 0.05) is 5.92 Å². The van der Waals surface area contributed by atoms with E-state index in [9.17, 15) is 4.79 Å². The van der Waals surface area contributed by atoms with Gasteiger partial charge in [-0.2, -0.15) is 0 Å². The van der Waals surface area contributed by atoms with E-state index in [0.29, 0.717) is 42.2 Å². The van der Waals surface area contributed by atoms with Crippen LogP contribution in [0.4, 0.5) is 0 Å². The Kier molecular flexibility index (Phi) is 7.39. The molecule has 5 nitrogen and oxygen atoms in total. The Morgan fingerprint density at radius 2 is 2.00 bits per heavy atom. The second-order valence-corrected chi connectivity index (χ2v) is 7.83. The summed E-state index contributed by atoms with van der Waals surface area (Å²) in [6.45, 7) is 5.88. The molecule has 5 heteroatoms. The zero-order chi connectivity index (χ0) is 19.1. The molecule has 0 amide bonds. The highest BCUT2D eigenvalue weighted by Gasteiger charge is 2.37.